The standard InChI is InChI=1S/C23H22BN6O2S/c1-32-24-30-12-10-29(11-13-30)20-6-8-25-15-19(20)28-23(31)18-5-9-26-22(27-18)17-3-2-4-21-16(17)7-14-33-21/h2-9,14-15H,10-13H2,1H3,(H,28,31). The average molecular weight is 457 g/mol. The average Bonchev–Trinajstić information content (AvgIpc) is 3.34. The number of carbonyl (C=O) groups excluding carboxylic acids is 1. The molecule has 1 N–H and O–H groups in total. The fourth-order valence-corrected chi connectivity index (χ4v) is 4.78. The molecule has 1 amide bonds. The van der Waals surface area contributed by atoms with Gasteiger partial charge in [-0.2, -0.15) is 0 Å². The SMILES string of the molecule is CO[B]N1CCN(c2ccncc2NC(=O)c2ccnc(-c3cccc4sccc34)n2)CC1. The second kappa shape index (κ2) is 9.66. The Balaban J connectivity index is 1.36. The van der Waals surface area contributed by atoms with Crippen molar-refractivity contribution < 1.29 is 9.45 Å². The van der Waals surface area contributed by atoms with Gasteiger partial charge in [0.1, 0.15) is 5.69 Å². The van der Waals surface area contributed by atoms with Crippen molar-refractivity contribution in [3.8, 4) is 11.4 Å². The molecule has 4 heterocycles. The van der Waals surface area contributed by atoms with Crippen LogP contribution in [-0.4, -0.2) is 66.6 Å². The minimum atomic E-state index is -0.295. The molecule has 1 saturated heterocycles. The van der Waals surface area contributed by atoms with Crippen LogP contribution in [0.2, 0.25) is 0 Å². The zero-order valence-electron chi connectivity index (χ0n) is 18.1. The van der Waals surface area contributed by atoms with Gasteiger partial charge in [-0.3, -0.25) is 9.78 Å². The topological polar surface area (TPSA) is 83.5 Å². The van der Waals surface area contributed by atoms with E-state index in [-0.39, 0.29) is 5.91 Å². The fourth-order valence-electron chi connectivity index (χ4n) is 3.97. The van der Waals surface area contributed by atoms with E-state index in [1.807, 2.05) is 23.6 Å². The van der Waals surface area contributed by atoms with Gasteiger partial charge in [-0.15, -0.1) is 11.3 Å². The van der Waals surface area contributed by atoms with Gasteiger partial charge in [0.15, 0.2) is 5.82 Å². The Morgan fingerprint density at radius 2 is 2.00 bits per heavy atom. The zero-order valence-corrected chi connectivity index (χ0v) is 19.0. The molecule has 0 atom stereocenters. The Morgan fingerprint density at radius 1 is 1.12 bits per heavy atom. The van der Waals surface area contributed by atoms with Gasteiger partial charge in [0.2, 0.25) is 0 Å². The summed E-state index contributed by atoms with van der Waals surface area (Å²) in [6, 6.07) is 11.6. The molecule has 3 aromatic heterocycles. The van der Waals surface area contributed by atoms with Crippen molar-refractivity contribution in [2.75, 3.05) is 43.5 Å². The van der Waals surface area contributed by atoms with E-state index in [1.54, 1.807) is 50.7 Å². The predicted molar refractivity (Wildman–Crippen MR) is 132 cm³/mol. The van der Waals surface area contributed by atoms with Crippen molar-refractivity contribution in [3.63, 3.8) is 0 Å². The monoisotopic (exact) mass is 457 g/mol. The Labute approximate surface area is 196 Å². The number of hydrogen-bond donors (Lipinski definition) is 1. The number of hydrogen-bond acceptors (Lipinski definition) is 8. The van der Waals surface area contributed by atoms with Gasteiger partial charge in [0, 0.05) is 61.3 Å². The van der Waals surface area contributed by atoms with E-state index in [0.29, 0.717) is 17.2 Å². The number of aromatic nitrogens is 3. The third-order valence-electron chi connectivity index (χ3n) is 5.58. The molecule has 0 saturated carbocycles. The number of fused-ring (bicyclic) bond motifs is 1. The lowest BCUT2D eigenvalue weighted by atomic mass is 10.1. The predicted octanol–water partition coefficient (Wildman–Crippen LogP) is 3.31. The molecule has 0 spiro atoms. The van der Waals surface area contributed by atoms with Crippen LogP contribution in [0.5, 0.6) is 0 Å². The summed E-state index contributed by atoms with van der Waals surface area (Å²) >= 11 is 1.67. The summed E-state index contributed by atoms with van der Waals surface area (Å²) in [7, 11) is 3.40. The van der Waals surface area contributed by atoms with Crippen LogP contribution in [0, 0.1) is 0 Å². The molecule has 5 rings (SSSR count). The number of nitrogens with zero attached hydrogens (tertiary/aromatic N) is 5. The molecule has 33 heavy (non-hydrogen) atoms. The first-order valence-corrected chi connectivity index (χ1v) is 11.5. The molecule has 165 valence electrons. The number of anilines is 2. The van der Waals surface area contributed by atoms with E-state index in [4.69, 9.17) is 4.65 Å². The molecule has 1 aromatic carbocycles. The maximum atomic E-state index is 13.1. The Bertz CT molecular complexity index is 1270. The van der Waals surface area contributed by atoms with Crippen molar-refractivity contribution in [1.29, 1.82) is 0 Å². The third kappa shape index (κ3) is 4.59. The molecule has 10 heteroatoms. The van der Waals surface area contributed by atoms with E-state index in [9.17, 15) is 4.79 Å². The van der Waals surface area contributed by atoms with Crippen LogP contribution >= 0.6 is 11.3 Å². The second-order valence-electron chi connectivity index (χ2n) is 7.61. The molecule has 1 fully saturated rings. The van der Waals surface area contributed by atoms with E-state index in [1.165, 1.54) is 0 Å². The summed E-state index contributed by atoms with van der Waals surface area (Å²) in [6.07, 6.45) is 5.04. The molecular formula is C23H22BN6O2S. The number of thiophene rings is 1. The first-order valence-electron chi connectivity index (χ1n) is 10.6. The molecular weight excluding hydrogens is 435 g/mol. The first-order chi connectivity index (χ1) is 16.2. The quantitative estimate of drug-likeness (QED) is 0.445. The maximum Gasteiger partial charge on any atom is 0.398 e. The smallest absolute Gasteiger partial charge is 0.398 e. The van der Waals surface area contributed by atoms with Crippen LogP contribution in [0.3, 0.4) is 0 Å². The van der Waals surface area contributed by atoms with E-state index in [2.05, 4.69) is 42.1 Å². The van der Waals surface area contributed by atoms with Gasteiger partial charge < -0.3 is 19.7 Å². The Kier molecular flexibility index (Phi) is 6.29. The number of piperazine rings is 1. The van der Waals surface area contributed by atoms with E-state index < -0.39 is 0 Å². The van der Waals surface area contributed by atoms with Gasteiger partial charge in [0.25, 0.3) is 5.91 Å². The lowest BCUT2D eigenvalue weighted by Crippen LogP contribution is -2.48. The molecule has 1 aliphatic rings. The molecule has 0 aliphatic carbocycles. The summed E-state index contributed by atoms with van der Waals surface area (Å²) in [5.74, 6) is 0.236. The third-order valence-corrected chi connectivity index (χ3v) is 6.46. The normalized spacial score (nSPS) is 14.4. The largest absolute Gasteiger partial charge is 0.427 e. The van der Waals surface area contributed by atoms with Gasteiger partial charge >= 0.3 is 7.62 Å². The number of pyridine rings is 1. The number of amides is 1. The zero-order chi connectivity index (χ0) is 22.6. The highest BCUT2D eigenvalue weighted by molar-refractivity contribution is 7.17. The van der Waals surface area contributed by atoms with E-state index in [0.717, 1.165) is 47.5 Å². The summed E-state index contributed by atoms with van der Waals surface area (Å²) in [4.78, 5) is 30.7. The highest BCUT2D eigenvalue weighted by Gasteiger charge is 2.21. The second-order valence-corrected chi connectivity index (χ2v) is 8.56. The Hall–Kier alpha value is -3.34. The number of rotatable bonds is 6. The van der Waals surface area contributed by atoms with Crippen molar-refractivity contribution in [2.24, 2.45) is 0 Å². The molecule has 0 bridgehead atoms. The van der Waals surface area contributed by atoms with Gasteiger partial charge in [-0.1, -0.05) is 12.1 Å². The molecule has 4 aromatic rings. The highest BCUT2D eigenvalue weighted by Crippen LogP contribution is 2.30. The minimum absolute atomic E-state index is 0.295. The van der Waals surface area contributed by atoms with Crippen LogP contribution in [0.1, 0.15) is 10.5 Å². The lowest BCUT2D eigenvalue weighted by Gasteiger charge is -2.36. The first kappa shape index (κ1) is 21.5. The maximum absolute atomic E-state index is 13.1. The van der Waals surface area contributed by atoms with Crippen LogP contribution in [0.25, 0.3) is 21.5 Å². The van der Waals surface area contributed by atoms with Crippen LogP contribution in [0.15, 0.2) is 60.4 Å². The van der Waals surface area contributed by atoms with Crippen LogP contribution in [-0.2, 0) is 4.65 Å². The summed E-state index contributed by atoms with van der Waals surface area (Å²) in [5.41, 5.74) is 2.82. The molecule has 1 radical (unpaired) electrons. The van der Waals surface area contributed by atoms with Crippen molar-refractivity contribution in [2.45, 2.75) is 0 Å². The number of carbonyl (C=O) groups is 1. The summed E-state index contributed by atoms with van der Waals surface area (Å²) in [5, 5.41) is 6.12. The minimum Gasteiger partial charge on any atom is -0.427 e. The number of nitrogens with one attached hydrogen (secondary N) is 1. The molecule has 8 nitrogen and oxygen atoms in total. The fraction of sp³-hybridized carbons (Fsp3) is 0.217. The lowest BCUT2D eigenvalue weighted by molar-refractivity contribution is 0.102. The van der Waals surface area contributed by atoms with E-state index >= 15 is 0 Å². The highest BCUT2D eigenvalue weighted by atomic mass is 32.1. The van der Waals surface area contributed by atoms with Gasteiger partial charge in [0.05, 0.1) is 17.6 Å². The van der Waals surface area contributed by atoms with Gasteiger partial charge in [-0.05, 0) is 29.6 Å². The van der Waals surface area contributed by atoms with Crippen LogP contribution in [0.4, 0.5) is 11.4 Å². The summed E-state index contributed by atoms with van der Waals surface area (Å²) < 4.78 is 6.27. The van der Waals surface area contributed by atoms with Crippen molar-refractivity contribution >= 4 is 46.3 Å². The summed E-state index contributed by atoms with van der Waals surface area (Å²) in [6.45, 7) is 3.31. The van der Waals surface area contributed by atoms with Gasteiger partial charge in [-0.25, -0.2) is 9.97 Å². The van der Waals surface area contributed by atoms with Crippen molar-refractivity contribution in [3.05, 3.63) is 66.1 Å². The Morgan fingerprint density at radius 3 is 2.85 bits per heavy atom. The molecule has 0 unspecified atom stereocenters. The van der Waals surface area contributed by atoms with Crippen molar-refractivity contribution in [1.82, 2.24) is 19.8 Å². The number of benzene rings is 1. The molecule has 1 aliphatic heterocycles. The van der Waals surface area contributed by atoms with Crippen LogP contribution < -0.4 is 10.2 Å².